The Bertz CT molecular complexity index is 669. The predicted octanol–water partition coefficient (Wildman–Crippen LogP) is 3.86. The van der Waals surface area contributed by atoms with Crippen LogP contribution in [0, 0.1) is 0 Å². The number of benzene rings is 2. The Morgan fingerprint density at radius 1 is 1.27 bits per heavy atom. The van der Waals surface area contributed by atoms with Gasteiger partial charge in [0, 0.05) is 0 Å². The Morgan fingerprint density at radius 2 is 2.05 bits per heavy atom. The first kappa shape index (κ1) is 16.2. The molecule has 2 rings (SSSR count). The molecule has 0 aliphatic heterocycles. The maximum Gasteiger partial charge on any atom is 0.311 e. The van der Waals surface area contributed by atoms with Crippen LogP contribution in [-0.4, -0.2) is 22.8 Å². The first-order chi connectivity index (χ1) is 10.5. The van der Waals surface area contributed by atoms with Gasteiger partial charge in [0.05, 0.1) is 17.5 Å². The number of carboxylic acids is 1. The van der Waals surface area contributed by atoms with Crippen LogP contribution in [0.5, 0.6) is 11.5 Å². The van der Waals surface area contributed by atoms with Gasteiger partial charge in [-0.3, -0.25) is 4.79 Å². The molecule has 0 aliphatic rings. The van der Waals surface area contributed by atoms with Gasteiger partial charge in [-0.05, 0) is 48.7 Å². The van der Waals surface area contributed by atoms with E-state index in [4.69, 9.17) is 16.3 Å². The Hall–Kier alpha value is -2.20. The van der Waals surface area contributed by atoms with Crippen molar-refractivity contribution in [2.45, 2.75) is 19.3 Å². The van der Waals surface area contributed by atoms with Gasteiger partial charge < -0.3 is 14.9 Å². The van der Waals surface area contributed by atoms with E-state index in [-0.39, 0.29) is 12.2 Å². The number of carbonyl (C=O) groups is 1. The van der Waals surface area contributed by atoms with Crippen molar-refractivity contribution < 1.29 is 19.7 Å². The van der Waals surface area contributed by atoms with E-state index < -0.39 is 11.9 Å². The molecule has 0 fully saturated rings. The lowest BCUT2D eigenvalue weighted by Crippen LogP contribution is -2.14. The molecule has 2 N–H and O–H groups in total. The number of aromatic hydroxyl groups is 1. The molecule has 0 aliphatic carbocycles. The highest BCUT2D eigenvalue weighted by Crippen LogP contribution is 2.29. The van der Waals surface area contributed by atoms with E-state index in [1.807, 2.05) is 6.92 Å². The van der Waals surface area contributed by atoms with Crippen molar-refractivity contribution in [3.8, 4) is 11.5 Å². The topological polar surface area (TPSA) is 66.8 Å². The number of hydrogen-bond donors (Lipinski definition) is 2. The highest BCUT2D eigenvalue weighted by Gasteiger charge is 2.21. The fourth-order valence-corrected chi connectivity index (χ4v) is 2.53. The van der Waals surface area contributed by atoms with Crippen LogP contribution in [0.4, 0.5) is 0 Å². The molecule has 0 spiro atoms. The molecule has 4 nitrogen and oxygen atoms in total. The lowest BCUT2D eigenvalue weighted by Gasteiger charge is -2.14. The van der Waals surface area contributed by atoms with Crippen LogP contribution in [-0.2, 0) is 11.2 Å². The Morgan fingerprint density at radius 3 is 2.64 bits per heavy atom. The smallest absolute Gasteiger partial charge is 0.311 e. The summed E-state index contributed by atoms with van der Waals surface area (Å²) in [5.41, 5.74) is 1.35. The fourth-order valence-electron chi connectivity index (χ4n) is 2.27. The third-order valence-electron chi connectivity index (χ3n) is 3.31. The Balaban J connectivity index is 2.25. The summed E-state index contributed by atoms with van der Waals surface area (Å²) in [4.78, 5) is 11.5. The van der Waals surface area contributed by atoms with Crippen LogP contribution in [0.1, 0.15) is 24.0 Å². The average molecular weight is 321 g/mol. The van der Waals surface area contributed by atoms with Crippen LogP contribution >= 0.6 is 11.6 Å². The first-order valence-electron chi connectivity index (χ1n) is 6.94. The second-order valence-electron chi connectivity index (χ2n) is 4.89. The van der Waals surface area contributed by atoms with Gasteiger partial charge in [-0.2, -0.15) is 0 Å². The summed E-state index contributed by atoms with van der Waals surface area (Å²) >= 11 is 6.13. The minimum atomic E-state index is -0.949. The first-order valence-corrected chi connectivity index (χ1v) is 7.32. The van der Waals surface area contributed by atoms with Crippen LogP contribution in [0.2, 0.25) is 5.02 Å². The Kier molecular flexibility index (Phi) is 5.28. The van der Waals surface area contributed by atoms with E-state index in [2.05, 4.69) is 0 Å². The number of ether oxygens (including phenoxy) is 1. The van der Waals surface area contributed by atoms with Crippen LogP contribution in [0.3, 0.4) is 0 Å². The maximum atomic E-state index is 11.5. The summed E-state index contributed by atoms with van der Waals surface area (Å²) < 4.78 is 5.36. The average Bonchev–Trinajstić information content (AvgIpc) is 2.47. The fraction of sp³-hybridized carbons (Fsp3) is 0.235. The van der Waals surface area contributed by atoms with Crippen molar-refractivity contribution in [3.05, 3.63) is 58.6 Å². The number of halogens is 1. The van der Waals surface area contributed by atoms with Crippen molar-refractivity contribution in [2.24, 2.45) is 0 Å². The molecule has 0 radical (unpaired) electrons. The number of phenolic OH excluding ortho intramolecular Hbond substituents is 1. The van der Waals surface area contributed by atoms with E-state index in [0.717, 1.165) is 5.56 Å². The molecular formula is C17H17ClO4. The zero-order chi connectivity index (χ0) is 16.1. The van der Waals surface area contributed by atoms with Gasteiger partial charge in [0.15, 0.2) is 0 Å². The van der Waals surface area contributed by atoms with Crippen molar-refractivity contribution in [2.75, 3.05) is 6.61 Å². The molecule has 22 heavy (non-hydrogen) atoms. The molecule has 0 amide bonds. The summed E-state index contributed by atoms with van der Waals surface area (Å²) in [5, 5.41) is 19.4. The lowest BCUT2D eigenvalue weighted by molar-refractivity contribution is -0.138. The van der Waals surface area contributed by atoms with Crippen molar-refractivity contribution in [1.82, 2.24) is 0 Å². The summed E-state index contributed by atoms with van der Waals surface area (Å²) in [7, 11) is 0. The molecule has 1 unspecified atom stereocenters. The van der Waals surface area contributed by atoms with E-state index in [9.17, 15) is 15.0 Å². The monoisotopic (exact) mass is 320 g/mol. The van der Waals surface area contributed by atoms with Crippen molar-refractivity contribution >= 4 is 17.6 Å². The summed E-state index contributed by atoms with van der Waals surface area (Å²) in [6.07, 6.45) is 0.283. The van der Waals surface area contributed by atoms with E-state index in [1.54, 1.807) is 30.3 Å². The molecule has 0 saturated heterocycles. The van der Waals surface area contributed by atoms with Gasteiger partial charge in [0.2, 0.25) is 0 Å². The molecular weight excluding hydrogens is 304 g/mol. The molecule has 2 aromatic rings. The number of hydrogen-bond acceptors (Lipinski definition) is 3. The van der Waals surface area contributed by atoms with Gasteiger partial charge in [-0.25, -0.2) is 0 Å². The molecule has 1 atom stereocenters. The van der Waals surface area contributed by atoms with Gasteiger partial charge >= 0.3 is 5.97 Å². The van der Waals surface area contributed by atoms with Gasteiger partial charge in [-0.1, -0.05) is 29.8 Å². The van der Waals surface area contributed by atoms with E-state index >= 15 is 0 Å². The standard InChI is InChI=1S/C17H17ClO4/c1-2-22-16-7-6-11(9-15(16)18)8-14(17(20)21)12-4-3-5-13(19)10-12/h3-7,9-10,14,19H,2,8H2,1H3,(H,20,21). The summed E-state index contributed by atoms with van der Waals surface area (Å²) in [5.74, 6) is -1.07. The zero-order valence-electron chi connectivity index (χ0n) is 12.1. The highest BCUT2D eigenvalue weighted by molar-refractivity contribution is 6.32. The predicted molar refractivity (Wildman–Crippen MR) is 84.8 cm³/mol. The molecule has 0 saturated carbocycles. The lowest BCUT2D eigenvalue weighted by atomic mass is 9.92. The molecule has 5 heteroatoms. The highest BCUT2D eigenvalue weighted by atomic mass is 35.5. The van der Waals surface area contributed by atoms with Crippen molar-refractivity contribution in [1.29, 1.82) is 0 Å². The third-order valence-corrected chi connectivity index (χ3v) is 3.60. The zero-order valence-corrected chi connectivity index (χ0v) is 12.9. The molecule has 0 aromatic heterocycles. The molecule has 116 valence electrons. The number of carboxylic acid groups (broad SMARTS) is 1. The van der Waals surface area contributed by atoms with E-state index in [0.29, 0.717) is 22.9 Å². The van der Waals surface area contributed by atoms with Gasteiger partial charge in [0.25, 0.3) is 0 Å². The summed E-state index contributed by atoms with van der Waals surface area (Å²) in [6, 6.07) is 11.6. The maximum absolute atomic E-state index is 11.5. The Labute approximate surface area is 133 Å². The SMILES string of the molecule is CCOc1ccc(CC(C(=O)O)c2cccc(O)c2)cc1Cl. The third kappa shape index (κ3) is 3.92. The number of rotatable bonds is 6. The minimum absolute atomic E-state index is 0.0495. The second-order valence-corrected chi connectivity index (χ2v) is 5.29. The molecule has 0 bridgehead atoms. The number of phenols is 1. The summed E-state index contributed by atoms with van der Waals surface area (Å²) in [6.45, 7) is 2.38. The van der Waals surface area contributed by atoms with Crippen LogP contribution in [0.15, 0.2) is 42.5 Å². The molecule has 2 aromatic carbocycles. The van der Waals surface area contributed by atoms with E-state index in [1.165, 1.54) is 12.1 Å². The van der Waals surface area contributed by atoms with Crippen LogP contribution in [0.25, 0.3) is 0 Å². The largest absolute Gasteiger partial charge is 0.508 e. The normalized spacial score (nSPS) is 11.9. The van der Waals surface area contributed by atoms with Gasteiger partial charge in [0.1, 0.15) is 11.5 Å². The van der Waals surface area contributed by atoms with Crippen LogP contribution < -0.4 is 4.74 Å². The quantitative estimate of drug-likeness (QED) is 0.848. The van der Waals surface area contributed by atoms with Crippen molar-refractivity contribution in [3.63, 3.8) is 0 Å². The molecule has 0 heterocycles. The number of aliphatic carboxylic acids is 1. The second kappa shape index (κ2) is 7.18. The minimum Gasteiger partial charge on any atom is -0.508 e. The van der Waals surface area contributed by atoms with Gasteiger partial charge in [-0.15, -0.1) is 0 Å².